The van der Waals surface area contributed by atoms with E-state index in [2.05, 4.69) is 4.98 Å². The fraction of sp³-hybridized carbons (Fsp3) is 0.154. The van der Waals surface area contributed by atoms with Crippen LogP contribution in [0.1, 0.15) is 11.1 Å². The van der Waals surface area contributed by atoms with Gasteiger partial charge >= 0.3 is 0 Å². The molecule has 0 unspecified atom stereocenters. The number of anilines is 2. The first-order chi connectivity index (χ1) is 15.4. The molecule has 0 N–H and O–H groups in total. The summed E-state index contributed by atoms with van der Waals surface area (Å²) in [5.41, 5.74) is 2.81. The highest BCUT2D eigenvalue weighted by Crippen LogP contribution is 2.25. The average molecular weight is 431 g/mol. The molecule has 1 amide bonds. The maximum Gasteiger partial charge on any atom is 0.231 e. The Morgan fingerprint density at radius 3 is 2.22 bits per heavy atom. The van der Waals surface area contributed by atoms with E-state index < -0.39 is 11.6 Å². The van der Waals surface area contributed by atoms with Crippen molar-refractivity contribution in [1.82, 2.24) is 4.98 Å². The molecule has 0 aliphatic heterocycles. The molecule has 1 aromatic heterocycles. The van der Waals surface area contributed by atoms with Crippen LogP contribution in [-0.2, 0) is 17.8 Å². The van der Waals surface area contributed by atoms with E-state index in [4.69, 9.17) is 0 Å². The van der Waals surface area contributed by atoms with Crippen LogP contribution in [0, 0.1) is 11.6 Å². The molecule has 0 saturated carbocycles. The van der Waals surface area contributed by atoms with E-state index in [1.807, 2.05) is 67.5 Å². The summed E-state index contributed by atoms with van der Waals surface area (Å²) >= 11 is 0. The molecule has 0 spiro atoms. The SMILES string of the molecule is CN(C)c1ccc(N(Cc2cc(F)cc(F)c2)C(=O)Cc2cncc3ccccc23)cc1. The molecule has 0 atom stereocenters. The summed E-state index contributed by atoms with van der Waals surface area (Å²) in [6, 6.07) is 18.5. The van der Waals surface area contributed by atoms with Gasteiger partial charge < -0.3 is 9.80 Å². The van der Waals surface area contributed by atoms with Gasteiger partial charge in [-0.2, -0.15) is 0 Å². The van der Waals surface area contributed by atoms with Crippen molar-refractivity contribution >= 4 is 28.1 Å². The highest BCUT2D eigenvalue weighted by molar-refractivity contribution is 5.97. The number of rotatable bonds is 6. The Hall–Kier alpha value is -3.80. The average Bonchev–Trinajstić information content (AvgIpc) is 2.77. The minimum Gasteiger partial charge on any atom is -0.378 e. The smallest absolute Gasteiger partial charge is 0.231 e. The zero-order valence-electron chi connectivity index (χ0n) is 17.9. The Morgan fingerprint density at radius 1 is 0.875 bits per heavy atom. The molecule has 6 heteroatoms. The van der Waals surface area contributed by atoms with Crippen molar-refractivity contribution in [3.8, 4) is 0 Å². The van der Waals surface area contributed by atoms with Gasteiger partial charge in [0.15, 0.2) is 0 Å². The zero-order chi connectivity index (χ0) is 22.7. The first kappa shape index (κ1) is 21.4. The van der Waals surface area contributed by atoms with Crippen molar-refractivity contribution in [3.63, 3.8) is 0 Å². The van der Waals surface area contributed by atoms with Crippen molar-refractivity contribution in [2.24, 2.45) is 0 Å². The van der Waals surface area contributed by atoms with Gasteiger partial charge in [-0.25, -0.2) is 8.78 Å². The molecule has 32 heavy (non-hydrogen) atoms. The Bertz CT molecular complexity index is 1230. The van der Waals surface area contributed by atoms with Crippen LogP contribution in [0.4, 0.5) is 20.2 Å². The van der Waals surface area contributed by atoms with E-state index in [9.17, 15) is 13.6 Å². The first-order valence-corrected chi connectivity index (χ1v) is 10.2. The Balaban J connectivity index is 1.69. The van der Waals surface area contributed by atoms with Crippen LogP contribution in [0.3, 0.4) is 0 Å². The molecular weight excluding hydrogens is 408 g/mol. The van der Waals surface area contributed by atoms with Crippen LogP contribution in [0.2, 0.25) is 0 Å². The molecule has 4 nitrogen and oxygen atoms in total. The second-order valence-corrected chi connectivity index (χ2v) is 7.86. The molecule has 4 rings (SSSR count). The van der Waals surface area contributed by atoms with E-state index in [1.54, 1.807) is 17.3 Å². The summed E-state index contributed by atoms with van der Waals surface area (Å²) < 4.78 is 27.6. The van der Waals surface area contributed by atoms with Crippen molar-refractivity contribution in [2.45, 2.75) is 13.0 Å². The maximum absolute atomic E-state index is 13.8. The third kappa shape index (κ3) is 4.75. The van der Waals surface area contributed by atoms with Gasteiger partial charge in [-0.3, -0.25) is 9.78 Å². The molecule has 0 radical (unpaired) electrons. The van der Waals surface area contributed by atoms with Gasteiger partial charge in [0.25, 0.3) is 0 Å². The highest BCUT2D eigenvalue weighted by Gasteiger charge is 2.19. The molecular formula is C26H23F2N3O. The largest absolute Gasteiger partial charge is 0.378 e. The van der Waals surface area contributed by atoms with Crippen LogP contribution < -0.4 is 9.80 Å². The van der Waals surface area contributed by atoms with Crippen LogP contribution in [0.25, 0.3) is 10.8 Å². The van der Waals surface area contributed by atoms with Gasteiger partial charge in [0, 0.05) is 49.3 Å². The van der Waals surface area contributed by atoms with E-state index in [-0.39, 0.29) is 18.9 Å². The lowest BCUT2D eigenvalue weighted by molar-refractivity contribution is -0.118. The van der Waals surface area contributed by atoms with Gasteiger partial charge in [0.2, 0.25) is 5.91 Å². The van der Waals surface area contributed by atoms with Crippen molar-refractivity contribution in [2.75, 3.05) is 23.9 Å². The zero-order valence-corrected chi connectivity index (χ0v) is 17.9. The number of pyridine rings is 1. The number of nitrogens with zero attached hydrogens (tertiary/aromatic N) is 3. The number of amides is 1. The highest BCUT2D eigenvalue weighted by atomic mass is 19.1. The monoisotopic (exact) mass is 431 g/mol. The summed E-state index contributed by atoms with van der Waals surface area (Å²) in [4.78, 5) is 21.2. The number of hydrogen-bond acceptors (Lipinski definition) is 3. The minimum absolute atomic E-state index is 0.0486. The van der Waals surface area contributed by atoms with Crippen LogP contribution in [0.15, 0.2) is 79.1 Å². The van der Waals surface area contributed by atoms with Gasteiger partial charge in [-0.1, -0.05) is 24.3 Å². The number of hydrogen-bond donors (Lipinski definition) is 0. The molecule has 0 aliphatic rings. The minimum atomic E-state index is -0.673. The van der Waals surface area contributed by atoms with Crippen molar-refractivity contribution in [1.29, 1.82) is 0 Å². The summed E-state index contributed by atoms with van der Waals surface area (Å²) in [5, 5.41) is 1.91. The maximum atomic E-state index is 13.8. The number of carbonyl (C=O) groups is 1. The number of carbonyl (C=O) groups excluding carboxylic acids is 1. The van der Waals surface area contributed by atoms with Gasteiger partial charge in [-0.15, -0.1) is 0 Å². The molecule has 0 aliphatic carbocycles. The summed E-state index contributed by atoms with van der Waals surface area (Å²) in [7, 11) is 3.86. The molecule has 162 valence electrons. The van der Waals surface area contributed by atoms with E-state index >= 15 is 0 Å². The number of fused-ring (bicyclic) bond motifs is 1. The third-order valence-corrected chi connectivity index (χ3v) is 5.33. The quantitative estimate of drug-likeness (QED) is 0.413. The van der Waals surface area contributed by atoms with Gasteiger partial charge in [-0.05, 0) is 52.9 Å². The van der Waals surface area contributed by atoms with E-state index in [0.717, 1.165) is 28.1 Å². The molecule has 0 saturated heterocycles. The van der Waals surface area contributed by atoms with E-state index in [1.165, 1.54) is 12.1 Å². The Morgan fingerprint density at radius 2 is 1.53 bits per heavy atom. The lowest BCUT2D eigenvalue weighted by Gasteiger charge is -2.24. The summed E-state index contributed by atoms with van der Waals surface area (Å²) in [6.07, 6.45) is 3.56. The predicted molar refractivity (Wildman–Crippen MR) is 124 cm³/mol. The number of halogens is 2. The molecule has 1 heterocycles. The van der Waals surface area contributed by atoms with Gasteiger partial charge in [0.05, 0.1) is 13.0 Å². The number of aromatic nitrogens is 1. The molecule has 3 aromatic carbocycles. The predicted octanol–water partition coefficient (Wildman–Crippen LogP) is 5.35. The van der Waals surface area contributed by atoms with Crippen LogP contribution in [0.5, 0.6) is 0 Å². The first-order valence-electron chi connectivity index (χ1n) is 10.2. The Labute approximate surface area is 185 Å². The summed E-state index contributed by atoms with van der Waals surface area (Å²) in [5.74, 6) is -1.53. The van der Waals surface area contributed by atoms with Crippen molar-refractivity contribution < 1.29 is 13.6 Å². The molecule has 0 fully saturated rings. The second kappa shape index (κ2) is 9.14. The van der Waals surface area contributed by atoms with Gasteiger partial charge in [0.1, 0.15) is 11.6 Å². The van der Waals surface area contributed by atoms with Crippen molar-refractivity contribution in [3.05, 3.63) is 102 Å². The summed E-state index contributed by atoms with van der Waals surface area (Å²) in [6.45, 7) is 0.0486. The lowest BCUT2D eigenvalue weighted by atomic mass is 10.0. The van der Waals surface area contributed by atoms with Crippen LogP contribution in [-0.4, -0.2) is 25.0 Å². The second-order valence-electron chi connectivity index (χ2n) is 7.86. The topological polar surface area (TPSA) is 36.4 Å². The third-order valence-electron chi connectivity index (χ3n) is 5.33. The standard InChI is InChI=1S/C26H23F2N3O/c1-30(2)23-7-9-24(10-8-23)31(17-18-11-21(27)14-22(28)12-18)26(32)13-20-16-29-15-19-5-3-4-6-25(19)20/h3-12,14-16H,13,17H2,1-2H3. The molecule has 0 bridgehead atoms. The van der Waals surface area contributed by atoms with Crippen LogP contribution >= 0.6 is 0 Å². The fourth-order valence-electron chi connectivity index (χ4n) is 3.72. The van der Waals surface area contributed by atoms with E-state index in [0.29, 0.717) is 11.3 Å². The lowest BCUT2D eigenvalue weighted by Crippen LogP contribution is -2.32. The fourth-order valence-corrected chi connectivity index (χ4v) is 3.72. The molecule has 4 aromatic rings. The normalized spacial score (nSPS) is 10.9. The number of benzene rings is 3. The Kier molecular flexibility index (Phi) is 6.12.